The monoisotopic (exact) mass is 334 g/mol. The highest BCUT2D eigenvalue weighted by Gasteiger charge is 2.13. The number of nitrogens with zero attached hydrogens (tertiary/aromatic N) is 1. The molecular formula is C15H11ClN2O5. The molecule has 8 heteroatoms. The van der Waals surface area contributed by atoms with Crippen LogP contribution >= 0.6 is 11.6 Å². The number of halogens is 1. The number of carbonyl (C=O) groups excluding carboxylic acids is 2. The number of hydrogen-bond acceptors (Lipinski definition) is 5. The van der Waals surface area contributed by atoms with Gasteiger partial charge in [0.1, 0.15) is 0 Å². The number of carboxylic acid groups (broad SMARTS) is 1. The number of ether oxygens (including phenoxy) is 1. The van der Waals surface area contributed by atoms with E-state index in [9.17, 15) is 14.4 Å². The molecule has 0 aliphatic rings. The Balaban J connectivity index is 1.96. The van der Waals surface area contributed by atoms with Gasteiger partial charge in [-0.1, -0.05) is 11.6 Å². The van der Waals surface area contributed by atoms with Gasteiger partial charge in [0.25, 0.3) is 5.91 Å². The second-order valence-electron chi connectivity index (χ2n) is 4.37. The minimum absolute atomic E-state index is 0.0305. The van der Waals surface area contributed by atoms with Crippen LogP contribution in [0, 0.1) is 0 Å². The summed E-state index contributed by atoms with van der Waals surface area (Å²) in [6.45, 7) is -0.540. The second-order valence-corrected chi connectivity index (χ2v) is 4.77. The van der Waals surface area contributed by atoms with E-state index in [0.29, 0.717) is 0 Å². The van der Waals surface area contributed by atoms with Crippen LogP contribution in [0.25, 0.3) is 0 Å². The molecule has 118 valence electrons. The third-order valence-corrected chi connectivity index (χ3v) is 3.05. The van der Waals surface area contributed by atoms with E-state index in [0.717, 1.165) is 0 Å². The van der Waals surface area contributed by atoms with Gasteiger partial charge in [0.05, 0.1) is 21.8 Å². The number of amides is 1. The largest absolute Gasteiger partial charge is 0.478 e. The number of aromatic carboxylic acids is 1. The lowest BCUT2D eigenvalue weighted by Crippen LogP contribution is -2.21. The first-order chi connectivity index (χ1) is 11.0. The van der Waals surface area contributed by atoms with Crippen molar-refractivity contribution in [3.05, 3.63) is 58.9 Å². The molecule has 0 atom stereocenters. The molecule has 23 heavy (non-hydrogen) atoms. The number of carboxylic acids is 1. The Morgan fingerprint density at radius 1 is 1.22 bits per heavy atom. The highest BCUT2D eigenvalue weighted by Crippen LogP contribution is 2.23. The molecule has 2 aromatic rings. The molecule has 1 aromatic heterocycles. The van der Waals surface area contributed by atoms with Crippen molar-refractivity contribution in [3.8, 4) is 0 Å². The van der Waals surface area contributed by atoms with Crippen molar-refractivity contribution in [1.29, 1.82) is 0 Å². The lowest BCUT2D eigenvalue weighted by Gasteiger charge is -2.09. The van der Waals surface area contributed by atoms with Gasteiger partial charge in [0, 0.05) is 12.4 Å². The molecule has 1 amide bonds. The smallest absolute Gasteiger partial charge is 0.340 e. The zero-order valence-corrected chi connectivity index (χ0v) is 12.4. The molecule has 0 spiro atoms. The Kier molecular flexibility index (Phi) is 5.27. The van der Waals surface area contributed by atoms with Gasteiger partial charge in [0.15, 0.2) is 6.61 Å². The molecule has 0 unspecified atom stereocenters. The van der Waals surface area contributed by atoms with Crippen LogP contribution in [0.5, 0.6) is 0 Å². The van der Waals surface area contributed by atoms with Crippen molar-refractivity contribution in [2.24, 2.45) is 0 Å². The Labute approximate surface area is 135 Å². The number of benzene rings is 1. The summed E-state index contributed by atoms with van der Waals surface area (Å²) in [5.41, 5.74) is 0.303. The topological polar surface area (TPSA) is 106 Å². The molecule has 0 aliphatic carbocycles. The van der Waals surface area contributed by atoms with E-state index in [1.54, 1.807) is 6.07 Å². The van der Waals surface area contributed by atoms with Gasteiger partial charge in [-0.05, 0) is 30.3 Å². The summed E-state index contributed by atoms with van der Waals surface area (Å²) in [4.78, 5) is 38.1. The van der Waals surface area contributed by atoms with Gasteiger partial charge in [-0.2, -0.15) is 0 Å². The normalized spacial score (nSPS) is 9.96. The van der Waals surface area contributed by atoms with Crippen molar-refractivity contribution in [2.45, 2.75) is 0 Å². The van der Waals surface area contributed by atoms with Crippen LogP contribution in [-0.4, -0.2) is 34.5 Å². The Hall–Kier alpha value is -2.93. The number of esters is 1. The van der Waals surface area contributed by atoms with Crippen LogP contribution in [0.2, 0.25) is 5.02 Å². The van der Waals surface area contributed by atoms with E-state index in [1.807, 2.05) is 0 Å². The fourth-order valence-corrected chi connectivity index (χ4v) is 1.80. The van der Waals surface area contributed by atoms with E-state index >= 15 is 0 Å². The first kappa shape index (κ1) is 16.4. The van der Waals surface area contributed by atoms with Crippen molar-refractivity contribution in [3.63, 3.8) is 0 Å². The van der Waals surface area contributed by atoms with Crippen LogP contribution in [0.3, 0.4) is 0 Å². The molecule has 7 nitrogen and oxygen atoms in total. The zero-order chi connectivity index (χ0) is 16.8. The fourth-order valence-electron chi connectivity index (χ4n) is 1.64. The maximum Gasteiger partial charge on any atom is 0.340 e. The Morgan fingerprint density at radius 3 is 2.65 bits per heavy atom. The molecule has 1 heterocycles. The van der Waals surface area contributed by atoms with Crippen LogP contribution in [-0.2, 0) is 9.53 Å². The number of nitrogens with one attached hydrogen (secondary N) is 1. The minimum Gasteiger partial charge on any atom is -0.478 e. The lowest BCUT2D eigenvalue weighted by atomic mass is 10.2. The molecule has 0 bridgehead atoms. The number of aromatic nitrogens is 1. The quantitative estimate of drug-likeness (QED) is 0.812. The number of hydrogen-bond donors (Lipinski definition) is 2. The zero-order valence-electron chi connectivity index (χ0n) is 11.7. The van der Waals surface area contributed by atoms with Gasteiger partial charge in [-0.25, -0.2) is 9.59 Å². The number of carbonyl (C=O) groups is 3. The Bertz CT molecular complexity index is 749. The lowest BCUT2D eigenvalue weighted by molar-refractivity contribution is -0.119. The van der Waals surface area contributed by atoms with Crippen molar-refractivity contribution >= 4 is 35.1 Å². The molecule has 1 aromatic carbocycles. The number of anilines is 1. The average molecular weight is 335 g/mol. The van der Waals surface area contributed by atoms with E-state index in [1.165, 1.54) is 36.7 Å². The predicted molar refractivity (Wildman–Crippen MR) is 81.6 cm³/mol. The maximum atomic E-state index is 11.8. The van der Waals surface area contributed by atoms with Crippen molar-refractivity contribution in [2.75, 3.05) is 11.9 Å². The van der Waals surface area contributed by atoms with Gasteiger partial charge < -0.3 is 15.2 Å². The first-order valence-electron chi connectivity index (χ1n) is 6.37. The van der Waals surface area contributed by atoms with E-state index in [4.69, 9.17) is 21.4 Å². The SMILES string of the molecule is O=C(COC(=O)c1cccnc1)Nc1cc(C(=O)O)ccc1Cl. The predicted octanol–water partition coefficient (Wildman–Crippen LogP) is 2.23. The summed E-state index contributed by atoms with van der Waals surface area (Å²) in [5.74, 6) is -2.49. The van der Waals surface area contributed by atoms with E-state index in [-0.39, 0.29) is 21.8 Å². The number of rotatable bonds is 5. The molecule has 0 radical (unpaired) electrons. The second kappa shape index (κ2) is 7.37. The fraction of sp³-hybridized carbons (Fsp3) is 0.0667. The van der Waals surface area contributed by atoms with E-state index in [2.05, 4.69) is 10.3 Å². The summed E-state index contributed by atoms with van der Waals surface area (Å²) >= 11 is 5.88. The van der Waals surface area contributed by atoms with Crippen molar-refractivity contribution < 1.29 is 24.2 Å². The third-order valence-electron chi connectivity index (χ3n) is 2.72. The average Bonchev–Trinajstić information content (AvgIpc) is 2.55. The van der Waals surface area contributed by atoms with Crippen LogP contribution < -0.4 is 5.32 Å². The summed E-state index contributed by atoms with van der Waals surface area (Å²) in [6.07, 6.45) is 2.81. The third kappa shape index (κ3) is 4.52. The van der Waals surface area contributed by atoms with Gasteiger partial charge >= 0.3 is 11.9 Å². The van der Waals surface area contributed by atoms with Crippen LogP contribution in [0.1, 0.15) is 20.7 Å². The molecular weight excluding hydrogens is 324 g/mol. The summed E-state index contributed by atoms with van der Waals surface area (Å²) in [5, 5.41) is 11.5. The molecule has 0 aliphatic heterocycles. The maximum absolute atomic E-state index is 11.8. The molecule has 0 saturated carbocycles. The molecule has 0 fully saturated rings. The highest BCUT2D eigenvalue weighted by molar-refractivity contribution is 6.33. The highest BCUT2D eigenvalue weighted by atomic mass is 35.5. The standard InChI is InChI=1S/C15H11ClN2O5/c16-11-4-3-9(14(20)21)6-12(11)18-13(19)8-23-15(22)10-2-1-5-17-7-10/h1-7H,8H2,(H,18,19)(H,20,21). The van der Waals surface area contributed by atoms with Gasteiger partial charge in [0.2, 0.25) is 0 Å². The minimum atomic E-state index is -1.15. The van der Waals surface area contributed by atoms with Gasteiger partial charge in [-0.3, -0.25) is 9.78 Å². The summed E-state index contributed by atoms with van der Waals surface area (Å²) < 4.78 is 4.83. The number of pyridine rings is 1. The van der Waals surface area contributed by atoms with Crippen LogP contribution in [0.15, 0.2) is 42.7 Å². The molecule has 0 saturated heterocycles. The van der Waals surface area contributed by atoms with E-state index < -0.39 is 24.5 Å². The molecule has 2 N–H and O–H groups in total. The first-order valence-corrected chi connectivity index (χ1v) is 6.75. The Morgan fingerprint density at radius 2 is 2.00 bits per heavy atom. The van der Waals surface area contributed by atoms with Crippen LogP contribution in [0.4, 0.5) is 5.69 Å². The summed E-state index contributed by atoms with van der Waals surface area (Å²) in [6, 6.07) is 6.94. The van der Waals surface area contributed by atoms with Crippen molar-refractivity contribution in [1.82, 2.24) is 4.98 Å². The van der Waals surface area contributed by atoms with Gasteiger partial charge in [-0.15, -0.1) is 0 Å². The summed E-state index contributed by atoms with van der Waals surface area (Å²) in [7, 11) is 0. The molecule has 2 rings (SSSR count).